The maximum absolute atomic E-state index is 11.6. The van der Waals surface area contributed by atoms with E-state index in [1.54, 1.807) is 12.5 Å². The number of hydrogen-bond donors (Lipinski definition) is 0. The van der Waals surface area contributed by atoms with Crippen molar-refractivity contribution in [3.8, 4) is 0 Å². The summed E-state index contributed by atoms with van der Waals surface area (Å²) in [4.78, 5) is 14.0. The first-order chi connectivity index (χ1) is 10.1. The number of aryl methyl sites for hydroxylation is 2. The highest BCUT2D eigenvalue weighted by Gasteiger charge is 2.34. The molecule has 0 fully saturated rings. The minimum atomic E-state index is 0. The van der Waals surface area contributed by atoms with Crippen molar-refractivity contribution in [3.63, 3.8) is 0 Å². The second kappa shape index (κ2) is 5.71. The molecule has 2 aliphatic rings. The lowest BCUT2D eigenvalue weighted by Crippen LogP contribution is -2.41. The Kier molecular flexibility index (Phi) is 4.04. The third kappa shape index (κ3) is 2.27. The number of carbonyl (C=O) groups excluding carboxylic acids is 1. The lowest BCUT2D eigenvalue weighted by atomic mass is 9.89. The molecule has 2 aromatic rings. The number of fused-ring (bicyclic) bond motifs is 3. The Balaban J connectivity index is 0.00000144. The Morgan fingerprint density at radius 2 is 2.14 bits per heavy atom. The molecular formula is C18H23ClN2O. The molecule has 1 aromatic heterocycles. The summed E-state index contributed by atoms with van der Waals surface area (Å²) in [6.45, 7) is 6.49. The van der Waals surface area contributed by atoms with Crippen molar-refractivity contribution in [2.24, 2.45) is 0 Å². The second-order valence-corrected chi connectivity index (χ2v) is 6.62. The van der Waals surface area contributed by atoms with Crippen LogP contribution in [-0.2, 0) is 17.8 Å². The van der Waals surface area contributed by atoms with E-state index in [-0.39, 0.29) is 18.2 Å². The molecule has 0 amide bonds. The minimum Gasteiger partial charge on any atom is -0.342 e. The smallest absolute Gasteiger partial charge is 0.143 e. The summed E-state index contributed by atoms with van der Waals surface area (Å²) in [5.74, 6) is 0.280. The number of carbonyl (C=O) groups is 1. The molecule has 4 heteroatoms. The number of aromatic nitrogens is 1. The van der Waals surface area contributed by atoms with Crippen LogP contribution in [0.15, 0.2) is 18.2 Å². The van der Waals surface area contributed by atoms with E-state index in [0.717, 1.165) is 13.1 Å². The Labute approximate surface area is 137 Å². The number of hydrogen-bond acceptors (Lipinski definition) is 2. The summed E-state index contributed by atoms with van der Waals surface area (Å²) in [5, 5.41) is 1.44. The van der Waals surface area contributed by atoms with Crippen molar-refractivity contribution in [1.29, 1.82) is 0 Å². The number of nitrogens with zero attached hydrogens (tertiary/aromatic N) is 2. The molecule has 0 saturated heterocycles. The number of halogens is 1. The van der Waals surface area contributed by atoms with Gasteiger partial charge < -0.3 is 4.57 Å². The molecule has 0 N–H and O–H groups in total. The number of Topliss-reactive ketones (excluding diaryl/α,β-unsaturated/α-hetero) is 1. The lowest BCUT2D eigenvalue weighted by molar-refractivity contribution is -0.119. The molecule has 0 radical (unpaired) electrons. The maximum Gasteiger partial charge on any atom is 0.143 e. The van der Waals surface area contributed by atoms with Gasteiger partial charge in [-0.25, -0.2) is 0 Å². The van der Waals surface area contributed by atoms with Crippen molar-refractivity contribution >= 4 is 29.1 Å². The third-order valence-corrected chi connectivity index (χ3v) is 5.07. The summed E-state index contributed by atoms with van der Waals surface area (Å²) in [7, 11) is 0. The summed E-state index contributed by atoms with van der Waals surface area (Å²) < 4.78 is 2.52. The Hall–Kier alpha value is -1.32. The molecular weight excluding hydrogens is 296 g/mol. The average Bonchev–Trinajstić information content (AvgIpc) is 2.77. The first-order valence-corrected chi connectivity index (χ1v) is 8.00. The number of rotatable bonds is 2. The Bertz CT molecular complexity index is 734. The van der Waals surface area contributed by atoms with Crippen molar-refractivity contribution < 1.29 is 4.79 Å². The molecule has 22 heavy (non-hydrogen) atoms. The van der Waals surface area contributed by atoms with Gasteiger partial charge >= 0.3 is 0 Å². The number of ketones is 1. The zero-order chi connectivity index (χ0) is 14.6. The first-order valence-electron chi connectivity index (χ1n) is 8.00. The summed E-state index contributed by atoms with van der Waals surface area (Å²) in [6.07, 6.45) is 3.61. The van der Waals surface area contributed by atoms with Gasteiger partial charge in [0.1, 0.15) is 5.78 Å². The fourth-order valence-corrected chi connectivity index (χ4v) is 4.27. The van der Waals surface area contributed by atoms with E-state index in [0.29, 0.717) is 12.6 Å². The van der Waals surface area contributed by atoms with Crippen molar-refractivity contribution in [2.45, 2.75) is 45.7 Å². The van der Waals surface area contributed by atoms with Crippen LogP contribution < -0.4 is 0 Å². The molecule has 0 spiro atoms. The SMILES string of the molecule is CC(=O)CN1CCn2c3c(c4cc(C)ccc42)CCCC31.Cl. The molecule has 118 valence electrons. The highest BCUT2D eigenvalue weighted by atomic mass is 35.5. The predicted octanol–water partition coefficient (Wildman–Crippen LogP) is 3.65. The van der Waals surface area contributed by atoms with Crippen LogP contribution in [0, 0.1) is 6.92 Å². The molecule has 1 aromatic carbocycles. The summed E-state index contributed by atoms with van der Waals surface area (Å²) >= 11 is 0. The summed E-state index contributed by atoms with van der Waals surface area (Å²) in [5.41, 5.74) is 5.76. The standard InChI is InChI=1S/C18H22N2O.ClH/c1-12-6-7-16-15(10-12)14-4-3-5-17-18(14)20(16)9-8-19(17)11-13(2)21;/h6-7,10,17H,3-5,8-9,11H2,1-2H3;1H. The molecule has 1 aliphatic heterocycles. The van der Waals surface area contributed by atoms with Gasteiger partial charge in [-0.3, -0.25) is 9.69 Å². The Morgan fingerprint density at radius 3 is 2.91 bits per heavy atom. The first kappa shape index (κ1) is 15.6. The van der Waals surface area contributed by atoms with Crippen LogP contribution in [0.25, 0.3) is 10.9 Å². The van der Waals surface area contributed by atoms with E-state index in [1.165, 1.54) is 41.4 Å². The molecule has 2 heterocycles. The van der Waals surface area contributed by atoms with Gasteiger partial charge in [-0.2, -0.15) is 0 Å². The zero-order valence-corrected chi connectivity index (χ0v) is 14.1. The van der Waals surface area contributed by atoms with Crippen LogP contribution >= 0.6 is 12.4 Å². The zero-order valence-electron chi connectivity index (χ0n) is 13.3. The second-order valence-electron chi connectivity index (χ2n) is 6.62. The summed E-state index contributed by atoms with van der Waals surface area (Å²) in [6, 6.07) is 7.28. The van der Waals surface area contributed by atoms with Crippen LogP contribution in [0.3, 0.4) is 0 Å². The van der Waals surface area contributed by atoms with E-state index in [9.17, 15) is 4.79 Å². The highest BCUT2D eigenvalue weighted by Crippen LogP contribution is 2.42. The van der Waals surface area contributed by atoms with Crippen LogP contribution in [-0.4, -0.2) is 28.3 Å². The molecule has 1 atom stereocenters. The third-order valence-electron chi connectivity index (χ3n) is 5.07. The molecule has 4 rings (SSSR count). The fourth-order valence-electron chi connectivity index (χ4n) is 4.27. The van der Waals surface area contributed by atoms with Crippen molar-refractivity contribution in [2.75, 3.05) is 13.1 Å². The van der Waals surface area contributed by atoms with Gasteiger partial charge in [-0.1, -0.05) is 11.6 Å². The van der Waals surface area contributed by atoms with Gasteiger partial charge in [-0.15, -0.1) is 12.4 Å². The van der Waals surface area contributed by atoms with Gasteiger partial charge in [0.25, 0.3) is 0 Å². The van der Waals surface area contributed by atoms with Gasteiger partial charge in [-0.05, 0) is 50.8 Å². The van der Waals surface area contributed by atoms with Gasteiger partial charge in [0, 0.05) is 29.7 Å². The van der Waals surface area contributed by atoms with Crippen LogP contribution in [0.1, 0.15) is 42.6 Å². The van der Waals surface area contributed by atoms with Crippen LogP contribution in [0.2, 0.25) is 0 Å². The highest BCUT2D eigenvalue weighted by molar-refractivity contribution is 5.87. The molecule has 0 bridgehead atoms. The van der Waals surface area contributed by atoms with E-state index >= 15 is 0 Å². The van der Waals surface area contributed by atoms with E-state index in [4.69, 9.17) is 0 Å². The molecule has 0 saturated carbocycles. The monoisotopic (exact) mass is 318 g/mol. The van der Waals surface area contributed by atoms with Gasteiger partial charge in [0.15, 0.2) is 0 Å². The van der Waals surface area contributed by atoms with E-state index in [2.05, 4.69) is 34.6 Å². The maximum atomic E-state index is 11.6. The molecule has 1 aliphatic carbocycles. The van der Waals surface area contributed by atoms with Crippen molar-refractivity contribution in [3.05, 3.63) is 35.0 Å². The largest absolute Gasteiger partial charge is 0.342 e. The lowest BCUT2D eigenvalue weighted by Gasteiger charge is -2.39. The van der Waals surface area contributed by atoms with Crippen LogP contribution in [0.5, 0.6) is 0 Å². The van der Waals surface area contributed by atoms with Crippen molar-refractivity contribution in [1.82, 2.24) is 9.47 Å². The Morgan fingerprint density at radius 1 is 1.32 bits per heavy atom. The normalized spacial score (nSPS) is 20.5. The van der Waals surface area contributed by atoms with E-state index < -0.39 is 0 Å². The van der Waals surface area contributed by atoms with E-state index in [1.807, 2.05) is 0 Å². The fraction of sp³-hybridized carbons (Fsp3) is 0.500. The average molecular weight is 319 g/mol. The molecule has 3 nitrogen and oxygen atoms in total. The molecule has 1 unspecified atom stereocenters. The quantitative estimate of drug-likeness (QED) is 0.844. The topological polar surface area (TPSA) is 25.2 Å². The van der Waals surface area contributed by atoms with Crippen LogP contribution in [0.4, 0.5) is 0 Å². The van der Waals surface area contributed by atoms with Gasteiger partial charge in [0.05, 0.1) is 12.6 Å². The minimum absolute atomic E-state index is 0. The predicted molar refractivity (Wildman–Crippen MR) is 91.9 cm³/mol. The van der Waals surface area contributed by atoms with Gasteiger partial charge in [0.2, 0.25) is 0 Å². The number of benzene rings is 1.